The Balaban J connectivity index is 1.57. The molecule has 2 aromatic rings. The van der Waals surface area contributed by atoms with Crippen molar-refractivity contribution in [2.45, 2.75) is 34.9 Å². The van der Waals surface area contributed by atoms with Gasteiger partial charge in [0.05, 0.1) is 30.2 Å². The van der Waals surface area contributed by atoms with E-state index in [2.05, 4.69) is 10.2 Å². The van der Waals surface area contributed by atoms with E-state index in [0.717, 1.165) is 54.5 Å². The van der Waals surface area contributed by atoms with Crippen LogP contribution in [0.15, 0.2) is 52.3 Å². The predicted octanol–water partition coefficient (Wildman–Crippen LogP) is 4.37. The highest BCUT2D eigenvalue weighted by atomic mass is 32.2. The molecule has 5 nitrogen and oxygen atoms in total. The van der Waals surface area contributed by atoms with Gasteiger partial charge in [0, 0.05) is 55.2 Å². The molecule has 2 heterocycles. The van der Waals surface area contributed by atoms with Gasteiger partial charge in [-0.3, -0.25) is 4.90 Å². The van der Waals surface area contributed by atoms with E-state index >= 15 is 0 Å². The summed E-state index contributed by atoms with van der Waals surface area (Å²) in [6.07, 6.45) is -2.76. The number of para-hydroxylation sites is 1. The van der Waals surface area contributed by atoms with Gasteiger partial charge in [-0.15, -0.1) is 0 Å². The van der Waals surface area contributed by atoms with Gasteiger partial charge in [0.1, 0.15) is 0 Å². The topological polar surface area (TPSA) is 48.0 Å². The van der Waals surface area contributed by atoms with Crippen molar-refractivity contribution in [3.05, 3.63) is 48.0 Å². The molecule has 0 radical (unpaired) electrons. The zero-order valence-electron chi connectivity index (χ0n) is 18.5. The van der Waals surface area contributed by atoms with Crippen molar-refractivity contribution in [3.63, 3.8) is 0 Å². The first-order valence-electron chi connectivity index (χ1n) is 11.4. The highest BCUT2D eigenvalue weighted by molar-refractivity contribution is 7.99. The summed E-state index contributed by atoms with van der Waals surface area (Å²) >= 11 is 1.52. The molecule has 1 saturated heterocycles. The van der Waals surface area contributed by atoms with Gasteiger partial charge in [-0.1, -0.05) is 23.9 Å². The van der Waals surface area contributed by atoms with Gasteiger partial charge in [-0.05, 0) is 43.2 Å². The highest BCUT2D eigenvalue weighted by Crippen LogP contribution is 2.49. The standard InChI is InChI=1S/C24H30F3N3O2S/c25-24(26,27)18-5-6-23-21(17-18)30(20-3-1-2-4-22(20)33-23)11-7-19(8-15-32-16-14-31)29-12-9-28-10-13-29/h1-6,17,19,28,31H,7-16H2. The third-order valence-electron chi connectivity index (χ3n) is 6.14. The fourth-order valence-electron chi connectivity index (χ4n) is 4.47. The Morgan fingerprint density at radius 2 is 1.76 bits per heavy atom. The summed E-state index contributed by atoms with van der Waals surface area (Å²) in [5, 5.41) is 12.4. The molecule has 33 heavy (non-hydrogen) atoms. The Bertz CT molecular complexity index is 922. The molecule has 1 unspecified atom stereocenters. The van der Waals surface area contributed by atoms with E-state index in [1.807, 2.05) is 29.2 Å². The van der Waals surface area contributed by atoms with E-state index in [4.69, 9.17) is 9.84 Å². The van der Waals surface area contributed by atoms with Crippen molar-refractivity contribution < 1.29 is 23.0 Å². The van der Waals surface area contributed by atoms with Crippen molar-refractivity contribution >= 4 is 23.1 Å². The second kappa shape index (κ2) is 11.1. The first kappa shape index (κ1) is 24.3. The summed E-state index contributed by atoms with van der Waals surface area (Å²) in [4.78, 5) is 6.37. The van der Waals surface area contributed by atoms with E-state index in [9.17, 15) is 13.2 Å². The molecule has 1 fully saturated rings. The Labute approximate surface area is 196 Å². The molecule has 0 spiro atoms. The number of nitrogens with zero attached hydrogens (tertiary/aromatic N) is 2. The van der Waals surface area contributed by atoms with Crippen LogP contribution in [0.3, 0.4) is 0 Å². The van der Waals surface area contributed by atoms with Crippen LogP contribution in [0.1, 0.15) is 18.4 Å². The number of piperazine rings is 1. The number of rotatable bonds is 9. The monoisotopic (exact) mass is 481 g/mol. The lowest BCUT2D eigenvalue weighted by molar-refractivity contribution is -0.137. The zero-order chi connectivity index (χ0) is 23.3. The number of alkyl halides is 3. The van der Waals surface area contributed by atoms with Crippen molar-refractivity contribution in [2.24, 2.45) is 0 Å². The lowest BCUT2D eigenvalue weighted by Gasteiger charge is -2.38. The molecule has 2 aliphatic heterocycles. The van der Waals surface area contributed by atoms with Gasteiger partial charge in [-0.25, -0.2) is 0 Å². The van der Waals surface area contributed by atoms with Crippen LogP contribution in [-0.4, -0.2) is 68.6 Å². The second-order valence-electron chi connectivity index (χ2n) is 8.25. The third kappa shape index (κ3) is 6.02. The molecular formula is C24H30F3N3O2S. The van der Waals surface area contributed by atoms with Crippen LogP contribution in [0.2, 0.25) is 0 Å². The molecule has 9 heteroatoms. The lowest BCUT2D eigenvalue weighted by atomic mass is 10.1. The summed E-state index contributed by atoms with van der Waals surface area (Å²) in [6.45, 7) is 5.20. The van der Waals surface area contributed by atoms with Crippen LogP contribution < -0.4 is 10.2 Å². The number of fused-ring (bicyclic) bond motifs is 2. The van der Waals surface area contributed by atoms with Gasteiger partial charge in [0.25, 0.3) is 0 Å². The van der Waals surface area contributed by atoms with Crippen LogP contribution in [-0.2, 0) is 10.9 Å². The maximum atomic E-state index is 13.5. The number of ether oxygens (including phenoxy) is 1. The number of anilines is 2. The molecule has 1 atom stereocenters. The minimum absolute atomic E-state index is 0.00114. The molecule has 0 aromatic heterocycles. The number of hydrogen-bond acceptors (Lipinski definition) is 6. The SMILES string of the molecule is OCCOCCC(CCN1c2ccccc2Sc2ccc(C(F)(F)F)cc21)N1CCNCC1. The molecule has 0 aliphatic carbocycles. The van der Waals surface area contributed by atoms with Crippen molar-refractivity contribution in [2.75, 3.05) is 57.4 Å². The fourth-order valence-corrected chi connectivity index (χ4v) is 5.54. The van der Waals surface area contributed by atoms with Gasteiger partial charge in [0.15, 0.2) is 0 Å². The zero-order valence-corrected chi connectivity index (χ0v) is 19.3. The van der Waals surface area contributed by atoms with Gasteiger partial charge < -0.3 is 20.1 Å². The second-order valence-corrected chi connectivity index (χ2v) is 9.34. The van der Waals surface area contributed by atoms with Crippen molar-refractivity contribution in [1.29, 1.82) is 0 Å². The highest BCUT2D eigenvalue weighted by Gasteiger charge is 2.33. The summed E-state index contributed by atoms with van der Waals surface area (Å²) in [5.74, 6) is 0. The number of benzene rings is 2. The molecule has 2 aromatic carbocycles. The fraction of sp³-hybridized carbons (Fsp3) is 0.500. The van der Waals surface area contributed by atoms with Crippen LogP contribution in [0, 0.1) is 0 Å². The van der Waals surface area contributed by atoms with Crippen LogP contribution in [0.5, 0.6) is 0 Å². The molecule has 2 N–H and O–H groups in total. The van der Waals surface area contributed by atoms with Crippen LogP contribution in [0.4, 0.5) is 24.5 Å². The number of aliphatic hydroxyl groups is 1. The lowest BCUT2D eigenvalue weighted by Crippen LogP contribution is -2.49. The molecular weight excluding hydrogens is 451 g/mol. The van der Waals surface area contributed by atoms with Crippen molar-refractivity contribution in [1.82, 2.24) is 10.2 Å². The first-order chi connectivity index (χ1) is 16.0. The molecule has 0 bridgehead atoms. The smallest absolute Gasteiger partial charge is 0.394 e. The van der Waals surface area contributed by atoms with Crippen molar-refractivity contribution in [3.8, 4) is 0 Å². The minimum Gasteiger partial charge on any atom is -0.394 e. The predicted molar refractivity (Wildman–Crippen MR) is 124 cm³/mol. The van der Waals surface area contributed by atoms with Gasteiger partial charge in [-0.2, -0.15) is 13.2 Å². The molecule has 4 rings (SSSR count). The van der Waals surface area contributed by atoms with Crippen LogP contribution in [0.25, 0.3) is 0 Å². The normalized spacial score (nSPS) is 17.5. The maximum Gasteiger partial charge on any atom is 0.416 e. The average molecular weight is 482 g/mol. The number of nitrogens with one attached hydrogen (secondary N) is 1. The number of hydrogen-bond donors (Lipinski definition) is 2. The van der Waals surface area contributed by atoms with E-state index in [0.29, 0.717) is 25.4 Å². The van der Waals surface area contributed by atoms with Gasteiger partial charge in [0.2, 0.25) is 0 Å². The van der Waals surface area contributed by atoms with E-state index in [1.165, 1.54) is 23.9 Å². The summed E-state index contributed by atoms with van der Waals surface area (Å²) in [6, 6.07) is 12.2. The Morgan fingerprint density at radius 1 is 1.00 bits per heavy atom. The summed E-state index contributed by atoms with van der Waals surface area (Å²) < 4.78 is 45.9. The Morgan fingerprint density at radius 3 is 2.52 bits per heavy atom. The molecule has 2 aliphatic rings. The van der Waals surface area contributed by atoms with E-state index < -0.39 is 11.7 Å². The summed E-state index contributed by atoms with van der Waals surface area (Å²) in [7, 11) is 0. The van der Waals surface area contributed by atoms with E-state index in [-0.39, 0.29) is 12.6 Å². The quantitative estimate of drug-likeness (QED) is 0.519. The Hall–Kier alpha value is -1.78. The summed E-state index contributed by atoms with van der Waals surface area (Å²) in [5.41, 5.74) is 0.941. The number of halogens is 3. The maximum absolute atomic E-state index is 13.5. The first-order valence-corrected chi connectivity index (χ1v) is 12.2. The Kier molecular flexibility index (Phi) is 8.19. The van der Waals surface area contributed by atoms with Gasteiger partial charge >= 0.3 is 6.18 Å². The minimum atomic E-state index is -4.38. The van der Waals surface area contributed by atoms with Crippen LogP contribution >= 0.6 is 11.8 Å². The third-order valence-corrected chi connectivity index (χ3v) is 7.27. The molecule has 0 saturated carbocycles. The number of aliphatic hydroxyl groups excluding tert-OH is 1. The molecule has 180 valence electrons. The largest absolute Gasteiger partial charge is 0.416 e. The molecule has 0 amide bonds. The average Bonchev–Trinajstić information content (AvgIpc) is 2.82. The van der Waals surface area contributed by atoms with E-state index in [1.54, 1.807) is 6.07 Å².